The second-order valence-electron chi connectivity index (χ2n) is 6.04. The fourth-order valence-corrected chi connectivity index (χ4v) is 2.64. The second-order valence-corrected chi connectivity index (χ2v) is 6.04. The van der Waals surface area contributed by atoms with Crippen LogP contribution < -0.4 is 20.1 Å². The standard InChI is InChI=1S/C21H28FN3O2.HI/c1-4-23-21(25-15-17-7-10-18(22)11-8-17)24-13-5-6-16-9-12-19(26-2)20(14-16)27-3;/h7-12,14H,4-6,13,15H2,1-3H3,(H2,23,24,25);1H. The van der Waals surface area contributed by atoms with Gasteiger partial charge in [0, 0.05) is 13.1 Å². The lowest BCUT2D eigenvalue weighted by molar-refractivity contribution is 0.354. The molecule has 5 nitrogen and oxygen atoms in total. The van der Waals surface area contributed by atoms with Crippen LogP contribution in [0.15, 0.2) is 47.5 Å². The van der Waals surface area contributed by atoms with E-state index in [2.05, 4.69) is 21.7 Å². The summed E-state index contributed by atoms with van der Waals surface area (Å²) in [5, 5.41) is 6.56. The van der Waals surface area contributed by atoms with Gasteiger partial charge in [0.15, 0.2) is 17.5 Å². The van der Waals surface area contributed by atoms with Crippen molar-refractivity contribution in [1.29, 1.82) is 0 Å². The SMILES string of the molecule is CCNC(=NCc1ccc(F)cc1)NCCCc1ccc(OC)c(OC)c1.I. The molecule has 2 aromatic carbocycles. The average Bonchev–Trinajstić information content (AvgIpc) is 2.70. The van der Waals surface area contributed by atoms with Crippen molar-refractivity contribution in [3.05, 3.63) is 59.4 Å². The normalized spacial score (nSPS) is 10.8. The lowest BCUT2D eigenvalue weighted by atomic mass is 10.1. The minimum Gasteiger partial charge on any atom is -0.493 e. The molecule has 0 heterocycles. The molecule has 0 unspecified atom stereocenters. The smallest absolute Gasteiger partial charge is 0.191 e. The van der Waals surface area contributed by atoms with Crippen LogP contribution in [-0.2, 0) is 13.0 Å². The molecule has 2 aromatic rings. The molecule has 154 valence electrons. The number of nitrogens with zero attached hydrogens (tertiary/aromatic N) is 1. The summed E-state index contributed by atoms with van der Waals surface area (Å²) in [4.78, 5) is 4.54. The number of methoxy groups -OCH3 is 2. The number of rotatable bonds is 9. The third kappa shape index (κ3) is 7.92. The number of benzene rings is 2. The highest BCUT2D eigenvalue weighted by molar-refractivity contribution is 14.0. The van der Waals surface area contributed by atoms with Gasteiger partial charge in [0.25, 0.3) is 0 Å². The fourth-order valence-electron chi connectivity index (χ4n) is 2.64. The first-order valence-electron chi connectivity index (χ1n) is 9.13. The van der Waals surface area contributed by atoms with Crippen molar-refractivity contribution < 1.29 is 13.9 Å². The van der Waals surface area contributed by atoms with Gasteiger partial charge < -0.3 is 20.1 Å². The third-order valence-electron chi connectivity index (χ3n) is 4.06. The van der Waals surface area contributed by atoms with Crippen LogP contribution in [0.4, 0.5) is 4.39 Å². The highest BCUT2D eigenvalue weighted by atomic mass is 127. The zero-order chi connectivity index (χ0) is 19.5. The van der Waals surface area contributed by atoms with Gasteiger partial charge in [-0.15, -0.1) is 24.0 Å². The van der Waals surface area contributed by atoms with E-state index < -0.39 is 0 Å². The van der Waals surface area contributed by atoms with Crippen LogP contribution in [0.3, 0.4) is 0 Å². The predicted molar refractivity (Wildman–Crippen MR) is 123 cm³/mol. The highest BCUT2D eigenvalue weighted by Crippen LogP contribution is 2.27. The number of halogens is 2. The van der Waals surface area contributed by atoms with E-state index in [0.29, 0.717) is 6.54 Å². The minimum atomic E-state index is -0.233. The van der Waals surface area contributed by atoms with E-state index in [-0.39, 0.29) is 29.8 Å². The number of aryl methyl sites for hydroxylation is 1. The molecule has 0 aliphatic heterocycles. The monoisotopic (exact) mass is 501 g/mol. The van der Waals surface area contributed by atoms with Crippen molar-refractivity contribution in [1.82, 2.24) is 10.6 Å². The van der Waals surface area contributed by atoms with Crippen molar-refractivity contribution in [2.45, 2.75) is 26.3 Å². The molecule has 0 fully saturated rings. The van der Waals surface area contributed by atoms with E-state index in [1.807, 2.05) is 19.1 Å². The van der Waals surface area contributed by atoms with Gasteiger partial charge in [0.1, 0.15) is 5.82 Å². The summed E-state index contributed by atoms with van der Waals surface area (Å²) in [6.07, 6.45) is 1.88. The van der Waals surface area contributed by atoms with Gasteiger partial charge in [-0.2, -0.15) is 0 Å². The summed E-state index contributed by atoms with van der Waals surface area (Å²) < 4.78 is 23.6. The Morgan fingerprint density at radius 2 is 1.64 bits per heavy atom. The van der Waals surface area contributed by atoms with Crippen molar-refractivity contribution in [2.75, 3.05) is 27.3 Å². The summed E-state index contributed by atoms with van der Waals surface area (Å²) in [7, 11) is 3.28. The average molecular weight is 501 g/mol. The molecular formula is C21H29FIN3O2. The number of ether oxygens (including phenoxy) is 2. The molecule has 0 aromatic heterocycles. The Kier molecular flexibility index (Phi) is 11.3. The van der Waals surface area contributed by atoms with Crippen LogP contribution in [-0.4, -0.2) is 33.3 Å². The van der Waals surface area contributed by atoms with Crippen LogP contribution in [0.1, 0.15) is 24.5 Å². The number of guanidine groups is 1. The van der Waals surface area contributed by atoms with Gasteiger partial charge in [-0.05, 0) is 55.2 Å². The van der Waals surface area contributed by atoms with E-state index in [1.54, 1.807) is 26.4 Å². The molecule has 28 heavy (non-hydrogen) atoms. The molecule has 0 amide bonds. The Morgan fingerprint density at radius 1 is 0.964 bits per heavy atom. The summed E-state index contributed by atoms with van der Waals surface area (Å²) in [5.41, 5.74) is 2.17. The van der Waals surface area contributed by atoms with Crippen LogP contribution in [0.25, 0.3) is 0 Å². The van der Waals surface area contributed by atoms with E-state index >= 15 is 0 Å². The first-order chi connectivity index (χ1) is 13.2. The summed E-state index contributed by atoms with van der Waals surface area (Å²) >= 11 is 0. The van der Waals surface area contributed by atoms with Gasteiger partial charge >= 0.3 is 0 Å². The lowest BCUT2D eigenvalue weighted by Gasteiger charge is -2.12. The quantitative estimate of drug-likeness (QED) is 0.235. The van der Waals surface area contributed by atoms with Crippen LogP contribution >= 0.6 is 24.0 Å². The van der Waals surface area contributed by atoms with Crippen molar-refractivity contribution in [3.8, 4) is 11.5 Å². The Morgan fingerprint density at radius 3 is 2.29 bits per heavy atom. The Bertz CT molecular complexity index is 739. The maximum Gasteiger partial charge on any atom is 0.191 e. The fraction of sp³-hybridized carbons (Fsp3) is 0.381. The third-order valence-corrected chi connectivity index (χ3v) is 4.06. The molecule has 0 atom stereocenters. The molecule has 0 radical (unpaired) electrons. The topological polar surface area (TPSA) is 54.9 Å². The van der Waals surface area contributed by atoms with Gasteiger partial charge in [-0.25, -0.2) is 9.38 Å². The number of hydrogen-bond acceptors (Lipinski definition) is 3. The number of hydrogen-bond donors (Lipinski definition) is 2. The van der Waals surface area contributed by atoms with Gasteiger partial charge in [-0.3, -0.25) is 0 Å². The van der Waals surface area contributed by atoms with Crippen LogP contribution in [0, 0.1) is 5.82 Å². The summed E-state index contributed by atoms with van der Waals surface area (Å²) in [6, 6.07) is 12.4. The molecule has 0 saturated carbocycles. The summed E-state index contributed by atoms with van der Waals surface area (Å²) in [6.45, 7) is 4.11. The number of aliphatic imine (C=N–C) groups is 1. The highest BCUT2D eigenvalue weighted by Gasteiger charge is 2.05. The minimum absolute atomic E-state index is 0. The van der Waals surface area contributed by atoms with E-state index in [0.717, 1.165) is 49.0 Å². The van der Waals surface area contributed by atoms with E-state index in [9.17, 15) is 4.39 Å². The maximum atomic E-state index is 13.0. The van der Waals surface area contributed by atoms with Crippen LogP contribution in [0.5, 0.6) is 11.5 Å². The van der Waals surface area contributed by atoms with Crippen molar-refractivity contribution in [3.63, 3.8) is 0 Å². The zero-order valence-corrected chi connectivity index (χ0v) is 19.0. The Labute approximate surface area is 183 Å². The van der Waals surface area contributed by atoms with Gasteiger partial charge in [0.2, 0.25) is 0 Å². The molecule has 2 rings (SSSR count). The molecule has 0 saturated heterocycles. The largest absolute Gasteiger partial charge is 0.493 e. The first kappa shape index (κ1) is 24.0. The lowest BCUT2D eigenvalue weighted by Crippen LogP contribution is -2.37. The van der Waals surface area contributed by atoms with Crippen molar-refractivity contribution in [2.24, 2.45) is 4.99 Å². The predicted octanol–water partition coefficient (Wildman–Crippen LogP) is 4.15. The van der Waals surface area contributed by atoms with Crippen LogP contribution in [0.2, 0.25) is 0 Å². The molecule has 7 heteroatoms. The van der Waals surface area contributed by atoms with E-state index in [1.165, 1.54) is 17.7 Å². The molecular weight excluding hydrogens is 472 g/mol. The summed E-state index contributed by atoms with van der Waals surface area (Å²) in [5.74, 6) is 2.01. The Hall–Kier alpha value is -2.03. The van der Waals surface area contributed by atoms with Gasteiger partial charge in [-0.1, -0.05) is 18.2 Å². The molecule has 0 bridgehead atoms. The molecule has 0 spiro atoms. The van der Waals surface area contributed by atoms with Crippen molar-refractivity contribution >= 4 is 29.9 Å². The van der Waals surface area contributed by atoms with Gasteiger partial charge in [0.05, 0.1) is 20.8 Å². The molecule has 0 aliphatic rings. The molecule has 2 N–H and O–H groups in total. The van der Waals surface area contributed by atoms with E-state index in [4.69, 9.17) is 9.47 Å². The molecule has 0 aliphatic carbocycles. The zero-order valence-electron chi connectivity index (χ0n) is 16.6. The first-order valence-corrected chi connectivity index (χ1v) is 9.13. The second kappa shape index (κ2) is 13.2. The number of nitrogens with one attached hydrogen (secondary N) is 2. The maximum absolute atomic E-state index is 13.0. The Balaban J connectivity index is 0.00000392.